The van der Waals surface area contributed by atoms with E-state index in [2.05, 4.69) is 79.4 Å². The standard InChI is InChI=1S/C26H29NO/c1-3-27(22-12-11-20-8-4-5-9-21(20)17-22)24-18-26(14-6-7-15-26)28-25-16-19(2)10-13-23(24)25/h4-5,8-13,16-17,24H,3,6-7,14-15,18H2,1-2H3. The van der Waals surface area contributed by atoms with Gasteiger partial charge in [-0.15, -0.1) is 0 Å². The molecule has 2 aliphatic rings. The van der Waals surface area contributed by atoms with Crippen molar-refractivity contribution in [1.29, 1.82) is 0 Å². The maximum Gasteiger partial charge on any atom is 0.125 e. The Morgan fingerprint density at radius 3 is 2.54 bits per heavy atom. The Kier molecular flexibility index (Phi) is 4.30. The van der Waals surface area contributed by atoms with Crippen LogP contribution in [-0.4, -0.2) is 12.1 Å². The third-order valence-corrected chi connectivity index (χ3v) is 6.72. The highest BCUT2D eigenvalue weighted by molar-refractivity contribution is 5.86. The Balaban J connectivity index is 1.60. The van der Waals surface area contributed by atoms with Crippen LogP contribution in [0.15, 0.2) is 60.7 Å². The van der Waals surface area contributed by atoms with E-state index in [0.29, 0.717) is 6.04 Å². The first-order chi connectivity index (χ1) is 13.7. The third kappa shape index (κ3) is 2.96. The zero-order chi connectivity index (χ0) is 19.1. The van der Waals surface area contributed by atoms with Crippen molar-refractivity contribution in [2.45, 2.75) is 57.6 Å². The van der Waals surface area contributed by atoms with Gasteiger partial charge in [0.05, 0.1) is 6.04 Å². The second-order valence-corrected chi connectivity index (χ2v) is 8.57. The Bertz CT molecular complexity index is 1000. The average molecular weight is 372 g/mol. The van der Waals surface area contributed by atoms with E-state index in [-0.39, 0.29) is 5.60 Å². The summed E-state index contributed by atoms with van der Waals surface area (Å²) in [5.74, 6) is 1.11. The van der Waals surface area contributed by atoms with E-state index in [9.17, 15) is 0 Å². The molecular weight excluding hydrogens is 342 g/mol. The highest BCUT2D eigenvalue weighted by Gasteiger charge is 2.44. The molecule has 1 heterocycles. The quantitative estimate of drug-likeness (QED) is 0.501. The molecule has 1 fully saturated rings. The molecule has 1 aliphatic carbocycles. The van der Waals surface area contributed by atoms with Crippen LogP contribution in [0.1, 0.15) is 56.2 Å². The summed E-state index contributed by atoms with van der Waals surface area (Å²) < 4.78 is 6.67. The van der Waals surface area contributed by atoms with Crippen LogP contribution in [0.4, 0.5) is 5.69 Å². The summed E-state index contributed by atoms with van der Waals surface area (Å²) in [6.07, 6.45) is 6.04. The molecule has 0 saturated heterocycles. The van der Waals surface area contributed by atoms with E-state index < -0.39 is 0 Å². The number of hydrogen-bond acceptors (Lipinski definition) is 2. The second-order valence-electron chi connectivity index (χ2n) is 8.57. The molecule has 1 unspecified atom stereocenters. The minimum absolute atomic E-state index is 0.0235. The van der Waals surface area contributed by atoms with E-state index in [1.54, 1.807) is 0 Å². The lowest BCUT2D eigenvalue weighted by molar-refractivity contribution is 0.0413. The number of aryl methyl sites for hydroxylation is 1. The van der Waals surface area contributed by atoms with E-state index in [1.807, 2.05) is 0 Å². The predicted octanol–water partition coefficient (Wildman–Crippen LogP) is 6.81. The molecule has 0 aromatic heterocycles. The lowest BCUT2D eigenvalue weighted by Crippen LogP contribution is -2.43. The van der Waals surface area contributed by atoms with Gasteiger partial charge in [0.1, 0.15) is 11.4 Å². The number of hydrogen-bond donors (Lipinski definition) is 0. The van der Waals surface area contributed by atoms with Gasteiger partial charge in [0.2, 0.25) is 0 Å². The highest BCUT2D eigenvalue weighted by Crippen LogP contribution is 2.50. The van der Waals surface area contributed by atoms with Crippen LogP contribution in [0.3, 0.4) is 0 Å². The van der Waals surface area contributed by atoms with Gasteiger partial charge in [-0.25, -0.2) is 0 Å². The van der Waals surface area contributed by atoms with Gasteiger partial charge >= 0.3 is 0 Å². The number of ether oxygens (including phenoxy) is 1. The van der Waals surface area contributed by atoms with Gasteiger partial charge in [0.25, 0.3) is 0 Å². The molecule has 1 atom stereocenters. The molecule has 2 heteroatoms. The third-order valence-electron chi connectivity index (χ3n) is 6.72. The molecule has 0 N–H and O–H groups in total. The first kappa shape index (κ1) is 17.6. The molecule has 1 spiro atoms. The highest BCUT2D eigenvalue weighted by atomic mass is 16.5. The zero-order valence-corrected chi connectivity index (χ0v) is 16.9. The molecule has 1 aliphatic heterocycles. The van der Waals surface area contributed by atoms with Crippen molar-refractivity contribution >= 4 is 16.5 Å². The normalized spacial score (nSPS) is 20.1. The Labute approximate surface area is 168 Å². The maximum atomic E-state index is 6.67. The van der Waals surface area contributed by atoms with Gasteiger partial charge in [0.15, 0.2) is 0 Å². The summed E-state index contributed by atoms with van der Waals surface area (Å²) in [6, 6.07) is 22.7. The van der Waals surface area contributed by atoms with Gasteiger partial charge in [0, 0.05) is 24.2 Å². The van der Waals surface area contributed by atoms with Crippen molar-refractivity contribution in [2.24, 2.45) is 0 Å². The smallest absolute Gasteiger partial charge is 0.125 e. The summed E-state index contributed by atoms with van der Waals surface area (Å²) in [5.41, 5.74) is 3.96. The van der Waals surface area contributed by atoms with E-state index >= 15 is 0 Å². The summed E-state index contributed by atoms with van der Waals surface area (Å²) in [4.78, 5) is 2.59. The molecule has 0 amide bonds. The Hall–Kier alpha value is -2.48. The van der Waals surface area contributed by atoms with Crippen molar-refractivity contribution in [3.8, 4) is 5.75 Å². The number of fused-ring (bicyclic) bond motifs is 2. The first-order valence-electron chi connectivity index (χ1n) is 10.7. The van der Waals surface area contributed by atoms with Crippen LogP contribution in [0.5, 0.6) is 5.75 Å². The predicted molar refractivity (Wildman–Crippen MR) is 117 cm³/mol. The van der Waals surface area contributed by atoms with Crippen molar-refractivity contribution in [3.05, 3.63) is 71.8 Å². The Morgan fingerprint density at radius 1 is 0.964 bits per heavy atom. The summed E-state index contributed by atoms with van der Waals surface area (Å²) in [6.45, 7) is 5.43. The monoisotopic (exact) mass is 371 g/mol. The molecule has 0 radical (unpaired) electrons. The van der Waals surface area contributed by atoms with E-state index in [1.165, 1.54) is 53.3 Å². The largest absolute Gasteiger partial charge is 0.487 e. The molecule has 3 aromatic carbocycles. The number of nitrogens with zero attached hydrogens (tertiary/aromatic N) is 1. The average Bonchev–Trinajstić information content (AvgIpc) is 3.15. The van der Waals surface area contributed by atoms with Crippen molar-refractivity contribution in [3.63, 3.8) is 0 Å². The van der Waals surface area contributed by atoms with Crippen LogP contribution in [0.2, 0.25) is 0 Å². The number of anilines is 1. The van der Waals surface area contributed by atoms with Gasteiger partial charge in [-0.05, 0) is 74.1 Å². The fraction of sp³-hybridized carbons (Fsp3) is 0.385. The van der Waals surface area contributed by atoms with Gasteiger partial charge in [-0.2, -0.15) is 0 Å². The van der Waals surface area contributed by atoms with E-state index in [0.717, 1.165) is 18.7 Å². The lowest BCUT2D eigenvalue weighted by atomic mass is 9.84. The fourth-order valence-corrected chi connectivity index (χ4v) is 5.28. The number of benzene rings is 3. The lowest BCUT2D eigenvalue weighted by Gasteiger charge is -2.45. The van der Waals surface area contributed by atoms with Gasteiger partial charge < -0.3 is 9.64 Å². The minimum atomic E-state index is 0.0235. The zero-order valence-electron chi connectivity index (χ0n) is 16.9. The molecule has 28 heavy (non-hydrogen) atoms. The number of rotatable bonds is 3. The maximum absolute atomic E-state index is 6.67. The molecule has 0 bridgehead atoms. The molecule has 144 valence electrons. The molecule has 3 aromatic rings. The Morgan fingerprint density at radius 2 is 1.75 bits per heavy atom. The summed E-state index contributed by atoms with van der Waals surface area (Å²) in [7, 11) is 0. The minimum Gasteiger partial charge on any atom is -0.487 e. The SMILES string of the molecule is CCN(c1ccc2ccccc2c1)C1CC2(CCCC2)Oc2cc(C)ccc21. The van der Waals surface area contributed by atoms with Crippen LogP contribution in [0, 0.1) is 6.92 Å². The van der Waals surface area contributed by atoms with E-state index in [4.69, 9.17) is 4.74 Å². The van der Waals surface area contributed by atoms with Gasteiger partial charge in [-0.3, -0.25) is 0 Å². The topological polar surface area (TPSA) is 12.5 Å². The van der Waals surface area contributed by atoms with Gasteiger partial charge in [-0.1, -0.05) is 42.5 Å². The van der Waals surface area contributed by atoms with Crippen LogP contribution in [-0.2, 0) is 0 Å². The van der Waals surface area contributed by atoms with Crippen LogP contribution >= 0.6 is 0 Å². The van der Waals surface area contributed by atoms with Crippen molar-refractivity contribution in [2.75, 3.05) is 11.4 Å². The van der Waals surface area contributed by atoms with Crippen molar-refractivity contribution < 1.29 is 4.74 Å². The second kappa shape index (κ2) is 6.84. The first-order valence-corrected chi connectivity index (χ1v) is 10.7. The summed E-state index contributed by atoms with van der Waals surface area (Å²) >= 11 is 0. The van der Waals surface area contributed by atoms with Crippen LogP contribution < -0.4 is 9.64 Å². The molecule has 2 nitrogen and oxygen atoms in total. The summed E-state index contributed by atoms with van der Waals surface area (Å²) in [5, 5.41) is 2.61. The molecular formula is C26H29NO. The van der Waals surface area contributed by atoms with Crippen LogP contribution in [0.25, 0.3) is 10.8 Å². The fourth-order valence-electron chi connectivity index (χ4n) is 5.28. The van der Waals surface area contributed by atoms with Crippen molar-refractivity contribution in [1.82, 2.24) is 0 Å². The molecule has 1 saturated carbocycles. The molecule has 5 rings (SSSR count).